The Morgan fingerprint density at radius 1 is 1.26 bits per heavy atom. The molecule has 2 aromatic heterocycles. The van der Waals surface area contributed by atoms with Crippen molar-refractivity contribution in [2.75, 3.05) is 17.2 Å². The van der Waals surface area contributed by atoms with Crippen molar-refractivity contribution in [3.8, 4) is 5.88 Å². The summed E-state index contributed by atoms with van der Waals surface area (Å²) in [5, 5.41) is 17.4. The van der Waals surface area contributed by atoms with Crippen LogP contribution in [0.3, 0.4) is 0 Å². The Kier molecular flexibility index (Phi) is 6.17. The van der Waals surface area contributed by atoms with Gasteiger partial charge in [0.25, 0.3) is 0 Å². The highest BCUT2D eigenvalue weighted by Crippen LogP contribution is 2.28. The maximum Gasteiger partial charge on any atom is 0.326 e. The number of aromatic amines is 2. The van der Waals surface area contributed by atoms with Crippen LogP contribution in [0.1, 0.15) is 29.9 Å². The predicted octanol–water partition coefficient (Wildman–Crippen LogP) is 3.19. The average Bonchev–Trinajstić information content (AvgIpc) is 3.49. The molecule has 0 atom stereocenters. The van der Waals surface area contributed by atoms with Crippen molar-refractivity contribution in [3.05, 3.63) is 61.9 Å². The predicted molar refractivity (Wildman–Crippen MR) is 122 cm³/mol. The summed E-state index contributed by atoms with van der Waals surface area (Å²) in [6.45, 7) is 0.505. The Balaban J connectivity index is 1.65. The van der Waals surface area contributed by atoms with Crippen molar-refractivity contribution in [3.63, 3.8) is 0 Å². The van der Waals surface area contributed by atoms with Gasteiger partial charge in [-0.05, 0) is 30.5 Å². The van der Waals surface area contributed by atoms with Gasteiger partial charge in [0.1, 0.15) is 17.3 Å². The van der Waals surface area contributed by atoms with E-state index in [9.17, 15) is 9.90 Å². The molecule has 0 spiro atoms. The first-order chi connectivity index (χ1) is 14.9. The van der Waals surface area contributed by atoms with Crippen LogP contribution in [-0.4, -0.2) is 37.6 Å². The lowest BCUT2D eigenvalue weighted by molar-refractivity contribution is 0.454. The third-order valence-corrected chi connectivity index (χ3v) is 5.57. The molecule has 1 saturated carbocycles. The number of nitrogens with one attached hydrogen (secondary N) is 4. The van der Waals surface area contributed by atoms with Crippen molar-refractivity contribution in [1.82, 2.24) is 19.9 Å². The number of rotatable bonds is 8. The van der Waals surface area contributed by atoms with Crippen LogP contribution < -0.4 is 22.1 Å². The normalized spacial score (nSPS) is 14.0. The van der Waals surface area contributed by atoms with Gasteiger partial charge in [0.05, 0.1) is 10.0 Å². The first-order valence-electron chi connectivity index (χ1n) is 9.67. The first kappa shape index (κ1) is 21.2. The van der Waals surface area contributed by atoms with Crippen LogP contribution in [0.5, 0.6) is 5.88 Å². The Hall–Kier alpha value is -3.01. The molecule has 1 aromatic carbocycles. The highest BCUT2D eigenvalue weighted by atomic mass is 35.5. The number of aromatic nitrogens is 4. The number of nitrogens with zero attached hydrogens (tertiary/aromatic N) is 2. The van der Waals surface area contributed by atoms with Gasteiger partial charge in [-0.1, -0.05) is 35.3 Å². The van der Waals surface area contributed by atoms with E-state index in [-0.39, 0.29) is 18.1 Å². The SMILES string of the molecule is NC/C(=C/c1[nH]c(=O)[nH]c1O)c1nc(NCc2cccc(Cl)c2Cl)cc(NC2CC2)n1. The summed E-state index contributed by atoms with van der Waals surface area (Å²) < 4.78 is 0. The van der Waals surface area contributed by atoms with Crippen molar-refractivity contribution < 1.29 is 5.11 Å². The molecule has 0 amide bonds. The topological polar surface area (TPSA) is 145 Å². The summed E-state index contributed by atoms with van der Waals surface area (Å²) >= 11 is 12.4. The number of hydrogen-bond acceptors (Lipinski definition) is 7. The Morgan fingerprint density at radius 3 is 2.71 bits per heavy atom. The lowest BCUT2D eigenvalue weighted by Gasteiger charge is -2.13. The van der Waals surface area contributed by atoms with Crippen LogP contribution in [-0.2, 0) is 6.54 Å². The van der Waals surface area contributed by atoms with Crippen molar-refractivity contribution in [2.24, 2.45) is 5.73 Å². The van der Waals surface area contributed by atoms with E-state index in [0.29, 0.717) is 45.7 Å². The van der Waals surface area contributed by atoms with Gasteiger partial charge >= 0.3 is 5.69 Å². The number of aromatic hydroxyl groups is 1. The molecule has 1 aliphatic rings. The fourth-order valence-corrected chi connectivity index (χ4v) is 3.33. The fourth-order valence-electron chi connectivity index (χ4n) is 2.94. The second kappa shape index (κ2) is 9.01. The summed E-state index contributed by atoms with van der Waals surface area (Å²) in [7, 11) is 0. The maximum absolute atomic E-state index is 11.4. The standard InChI is InChI=1S/C20H21Cl2N7O2/c21-13-3-1-2-10(17(13)22)9-24-15-7-16(25-12-4-5-12)28-18(27-15)11(8-23)6-14-19(30)29-20(31)26-14/h1-3,6-7,12,30H,4-5,8-9,23H2,(H2,26,29,31)(H2,24,25,27,28)/b11-6-. The number of nitrogens with two attached hydrogens (primary N) is 1. The minimum atomic E-state index is -0.522. The van der Waals surface area contributed by atoms with E-state index in [2.05, 4.69) is 30.6 Å². The third kappa shape index (κ3) is 5.19. The van der Waals surface area contributed by atoms with Gasteiger partial charge in [0.2, 0.25) is 5.88 Å². The highest BCUT2D eigenvalue weighted by Gasteiger charge is 2.22. The smallest absolute Gasteiger partial charge is 0.326 e. The van der Waals surface area contributed by atoms with Gasteiger partial charge in [0, 0.05) is 30.8 Å². The zero-order valence-electron chi connectivity index (χ0n) is 16.4. The molecule has 11 heteroatoms. The van der Waals surface area contributed by atoms with Crippen molar-refractivity contribution in [1.29, 1.82) is 0 Å². The van der Waals surface area contributed by atoms with Crippen molar-refractivity contribution >= 4 is 46.5 Å². The highest BCUT2D eigenvalue weighted by molar-refractivity contribution is 6.42. The Labute approximate surface area is 187 Å². The molecule has 0 saturated heterocycles. The molecule has 3 aromatic rings. The molecular formula is C20H21Cl2N7O2. The quantitative estimate of drug-likeness (QED) is 0.302. The number of imidazole rings is 1. The molecule has 7 N–H and O–H groups in total. The van der Waals surface area contributed by atoms with Crippen LogP contribution in [0.15, 0.2) is 29.1 Å². The number of halogens is 2. The molecule has 31 heavy (non-hydrogen) atoms. The van der Waals surface area contributed by atoms with E-state index < -0.39 is 5.69 Å². The van der Waals surface area contributed by atoms with Crippen LogP contribution >= 0.6 is 23.2 Å². The summed E-state index contributed by atoms with van der Waals surface area (Å²) in [6, 6.07) is 7.63. The van der Waals surface area contributed by atoms with E-state index in [1.54, 1.807) is 12.1 Å². The van der Waals surface area contributed by atoms with Crippen LogP contribution in [0.4, 0.5) is 11.6 Å². The molecular weight excluding hydrogens is 441 g/mol. The number of benzene rings is 1. The third-order valence-electron chi connectivity index (χ3n) is 4.71. The molecule has 162 valence electrons. The molecule has 4 rings (SSSR count). The second-order valence-electron chi connectivity index (χ2n) is 7.16. The molecule has 0 bridgehead atoms. The van der Waals surface area contributed by atoms with Gasteiger partial charge < -0.3 is 26.5 Å². The van der Waals surface area contributed by atoms with Crippen LogP contribution in [0.2, 0.25) is 10.0 Å². The van der Waals surface area contributed by atoms with Gasteiger partial charge in [-0.15, -0.1) is 0 Å². The molecule has 0 unspecified atom stereocenters. The molecule has 9 nitrogen and oxygen atoms in total. The second-order valence-corrected chi connectivity index (χ2v) is 7.95. The molecule has 1 aliphatic carbocycles. The zero-order chi connectivity index (χ0) is 22.0. The van der Waals surface area contributed by atoms with Gasteiger partial charge in [-0.25, -0.2) is 14.8 Å². The summed E-state index contributed by atoms with van der Waals surface area (Å²) in [4.78, 5) is 25.3. The number of hydrogen-bond donors (Lipinski definition) is 6. The lowest BCUT2D eigenvalue weighted by Crippen LogP contribution is -2.12. The van der Waals surface area contributed by atoms with E-state index in [1.807, 2.05) is 18.2 Å². The minimum Gasteiger partial charge on any atom is -0.493 e. The summed E-state index contributed by atoms with van der Waals surface area (Å²) in [6.07, 6.45) is 3.71. The van der Waals surface area contributed by atoms with E-state index in [0.717, 1.165) is 18.4 Å². The Bertz CT molecular complexity index is 1180. The minimum absolute atomic E-state index is 0.0963. The number of anilines is 2. The zero-order valence-corrected chi connectivity index (χ0v) is 17.9. The van der Waals surface area contributed by atoms with Crippen molar-refractivity contribution in [2.45, 2.75) is 25.4 Å². The van der Waals surface area contributed by atoms with Gasteiger partial charge in [0.15, 0.2) is 5.82 Å². The van der Waals surface area contributed by atoms with E-state index >= 15 is 0 Å². The molecule has 0 radical (unpaired) electrons. The summed E-state index contributed by atoms with van der Waals surface area (Å²) in [5.41, 5.74) is 6.97. The van der Waals surface area contributed by atoms with Gasteiger partial charge in [-0.2, -0.15) is 0 Å². The first-order valence-corrected chi connectivity index (χ1v) is 10.4. The summed E-state index contributed by atoms with van der Waals surface area (Å²) in [5.74, 6) is 1.31. The van der Waals surface area contributed by atoms with Crippen LogP contribution in [0.25, 0.3) is 11.6 Å². The van der Waals surface area contributed by atoms with E-state index in [1.165, 1.54) is 0 Å². The van der Waals surface area contributed by atoms with Crippen LogP contribution in [0, 0.1) is 0 Å². The van der Waals surface area contributed by atoms with Gasteiger partial charge in [-0.3, -0.25) is 4.98 Å². The average molecular weight is 462 g/mol. The fraction of sp³-hybridized carbons (Fsp3) is 0.250. The number of H-pyrrole nitrogens is 2. The molecule has 0 aliphatic heterocycles. The molecule has 1 fully saturated rings. The maximum atomic E-state index is 11.4. The van der Waals surface area contributed by atoms with E-state index in [4.69, 9.17) is 28.9 Å². The largest absolute Gasteiger partial charge is 0.493 e. The Morgan fingerprint density at radius 2 is 2.03 bits per heavy atom. The lowest BCUT2D eigenvalue weighted by atomic mass is 10.2. The molecule has 2 heterocycles. The monoisotopic (exact) mass is 461 g/mol.